The maximum absolute atomic E-state index is 12.9. The summed E-state index contributed by atoms with van der Waals surface area (Å²) in [6, 6.07) is 6.17. The Kier molecular flexibility index (Phi) is 6.67. The highest BCUT2D eigenvalue weighted by Crippen LogP contribution is 2.48. The number of carbonyl (C=O) groups is 2. The lowest BCUT2D eigenvalue weighted by atomic mass is 9.85. The number of carbonyl (C=O) groups excluding carboxylic acids is 2. The molecule has 170 valence electrons. The predicted octanol–water partition coefficient (Wildman–Crippen LogP) is 2.49. The summed E-state index contributed by atoms with van der Waals surface area (Å²) in [6.07, 6.45) is 7.97. The predicted molar refractivity (Wildman–Crippen MR) is 118 cm³/mol. The summed E-state index contributed by atoms with van der Waals surface area (Å²) < 4.78 is 27.2. The van der Waals surface area contributed by atoms with Crippen LogP contribution in [0.4, 0.5) is 0 Å². The number of amides is 2. The van der Waals surface area contributed by atoms with Gasteiger partial charge in [-0.3, -0.25) is 9.59 Å². The average molecular weight is 448 g/mol. The van der Waals surface area contributed by atoms with E-state index >= 15 is 0 Å². The number of rotatable bonds is 6. The first-order valence-corrected chi connectivity index (χ1v) is 12.9. The molecule has 1 heterocycles. The summed E-state index contributed by atoms with van der Waals surface area (Å²) in [5, 5.41) is 3.03. The highest BCUT2D eigenvalue weighted by Gasteiger charge is 2.42. The van der Waals surface area contributed by atoms with Crippen molar-refractivity contribution in [2.75, 3.05) is 32.7 Å². The second-order valence-electron chi connectivity index (χ2n) is 9.20. The zero-order valence-electron chi connectivity index (χ0n) is 18.3. The lowest BCUT2D eigenvalue weighted by molar-refractivity contribution is -0.129. The lowest BCUT2D eigenvalue weighted by Gasteiger charge is -2.33. The first kappa shape index (κ1) is 22.3. The number of nitrogens with zero attached hydrogens (tertiary/aromatic N) is 2. The van der Waals surface area contributed by atoms with Crippen LogP contribution in [0, 0.1) is 17.8 Å². The van der Waals surface area contributed by atoms with Crippen molar-refractivity contribution in [3.8, 4) is 0 Å². The molecule has 3 fully saturated rings. The molecular weight excluding hydrogens is 414 g/mol. The molecule has 0 spiro atoms. The maximum atomic E-state index is 12.9. The summed E-state index contributed by atoms with van der Waals surface area (Å²) >= 11 is 0. The van der Waals surface area contributed by atoms with E-state index in [1.165, 1.54) is 61.9 Å². The lowest BCUT2D eigenvalue weighted by Crippen LogP contribution is -2.49. The van der Waals surface area contributed by atoms with Crippen LogP contribution in [0.5, 0.6) is 0 Å². The Hall–Kier alpha value is -1.93. The Labute approximate surface area is 185 Å². The van der Waals surface area contributed by atoms with Crippen LogP contribution in [0.15, 0.2) is 29.2 Å². The molecule has 1 aromatic rings. The van der Waals surface area contributed by atoms with Gasteiger partial charge >= 0.3 is 0 Å². The molecule has 0 bridgehead atoms. The largest absolute Gasteiger partial charge is 0.352 e. The van der Waals surface area contributed by atoms with Gasteiger partial charge in [0.1, 0.15) is 0 Å². The molecule has 0 radical (unpaired) electrons. The van der Waals surface area contributed by atoms with Crippen molar-refractivity contribution in [1.82, 2.24) is 14.5 Å². The maximum Gasteiger partial charge on any atom is 0.251 e. The van der Waals surface area contributed by atoms with E-state index in [0.717, 1.165) is 11.8 Å². The van der Waals surface area contributed by atoms with Crippen LogP contribution in [-0.4, -0.2) is 62.2 Å². The molecule has 1 saturated heterocycles. The zero-order valence-corrected chi connectivity index (χ0v) is 19.1. The molecule has 2 atom stereocenters. The molecule has 3 aliphatic rings. The quantitative estimate of drug-likeness (QED) is 0.726. The van der Waals surface area contributed by atoms with Crippen molar-refractivity contribution in [2.45, 2.75) is 50.3 Å². The smallest absolute Gasteiger partial charge is 0.251 e. The third kappa shape index (κ3) is 5.12. The van der Waals surface area contributed by atoms with E-state index in [1.807, 2.05) is 0 Å². The van der Waals surface area contributed by atoms with Crippen molar-refractivity contribution in [3.63, 3.8) is 0 Å². The van der Waals surface area contributed by atoms with Gasteiger partial charge in [0.05, 0.1) is 4.90 Å². The second-order valence-corrected chi connectivity index (χ2v) is 11.1. The summed E-state index contributed by atoms with van der Waals surface area (Å²) in [6.45, 7) is 3.57. The SMILES string of the molecule is CC(=O)N1CCN(S(=O)(=O)c2ccc(C(=O)NC[C@H]3C[C@H]3C3CCCCC3)cc2)CC1. The second kappa shape index (κ2) is 9.28. The number of benzene rings is 1. The van der Waals surface area contributed by atoms with Crippen LogP contribution in [-0.2, 0) is 14.8 Å². The van der Waals surface area contributed by atoms with Gasteiger partial charge in [-0.15, -0.1) is 0 Å². The molecule has 2 saturated carbocycles. The number of nitrogens with one attached hydrogen (secondary N) is 1. The number of sulfonamides is 1. The van der Waals surface area contributed by atoms with Crippen LogP contribution in [0.2, 0.25) is 0 Å². The van der Waals surface area contributed by atoms with Gasteiger partial charge < -0.3 is 10.2 Å². The molecular formula is C23H33N3O4S. The molecule has 0 unspecified atom stereocenters. The molecule has 1 N–H and O–H groups in total. The first-order valence-electron chi connectivity index (χ1n) is 11.5. The van der Waals surface area contributed by atoms with Gasteiger partial charge in [0.25, 0.3) is 5.91 Å². The van der Waals surface area contributed by atoms with Gasteiger partial charge in [-0.25, -0.2) is 8.42 Å². The molecule has 1 aliphatic heterocycles. The minimum absolute atomic E-state index is 0.0383. The molecule has 8 heteroatoms. The van der Waals surface area contributed by atoms with E-state index in [1.54, 1.807) is 17.0 Å². The summed E-state index contributed by atoms with van der Waals surface area (Å²) in [4.78, 5) is 25.8. The third-order valence-electron chi connectivity index (χ3n) is 7.20. The van der Waals surface area contributed by atoms with Gasteiger partial charge in [-0.05, 0) is 48.4 Å². The minimum Gasteiger partial charge on any atom is -0.352 e. The van der Waals surface area contributed by atoms with Crippen molar-refractivity contribution in [2.24, 2.45) is 17.8 Å². The van der Waals surface area contributed by atoms with Crippen LogP contribution < -0.4 is 5.32 Å². The molecule has 1 aromatic carbocycles. The summed E-state index contributed by atoms with van der Waals surface area (Å²) in [7, 11) is -3.63. The van der Waals surface area contributed by atoms with Gasteiger partial charge in [0, 0.05) is 45.2 Å². The monoisotopic (exact) mass is 447 g/mol. The number of piperazine rings is 1. The van der Waals surface area contributed by atoms with E-state index in [4.69, 9.17) is 0 Å². The highest BCUT2D eigenvalue weighted by atomic mass is 32.2. The minimum atomic E-state index is -3.63. The fraction of sp³-hybridized carbons (Fsp3) is 0.652. The summed E-state index contributed by atoms with van der Waals surface area (Å²) in [5.41, 5.74) is 0.482. The van der Waals surface area contributed by atoms with Crippen molar-refractivity contribution in [1.29, 1.82) is 0 Å². The molecule has 31 heavy (non-hydrogen) atoms. The van der Waals surface area contributed by atoms with Crippen LogP contribution in [0.25, 0.3) is 0 Å². The normalized spacial score (nSPS) is 25.3. The highest BCUT2D eigenvalue weighted by molar-refractivity contribution is 7.89. The van der Waals surface area contributed by atoms with Crippen molar-refractivity contribution < 1.29 is 18.0 Å². The average Bonchev–Trinajstić information content (AvgIpc) is 3.58. The van der Waals surface area contributed by atoms with E-state index in [0.29, 0.717) is 31.1 Å². The van der Waals surface area contributed by atoms with E-state index in [2.05, 4.69) is 5.32 Å². The Morgan fingerprint density at radius 2 is 1.65 bits per heavy atom. The zero-order chi connectivity index (χ0) is 22.0. The fourth-order valence-corrected chi connectivity index (χ4v) is 6.56. The van der Waals surface area contributed by atoms with Crippen molar-refractivity contribution >= 4 is 21.8 Å². The van der Waals surface area contributed by atoms with Crippen LogP contribution in [0.3, 0.4) is 0 Å². The number of hydrogen-bond acceptors (Lipinski definition) is 4. The number of hydrogen-bond donors (Lipinski definition) is 1. The van der Waals surface area contributed by atoms with Crippen molar-refractivity contribution in [3.05, 3.63) is 29.8 Å². The van der Waals surface area contributed by atoms with Gasteiger partial charge in [-0.2, -0.15) is 4.31 Å². The van der Waals surface area contributed by atoms with Crippen LogP contribution >= 0.6 is 0 Å². The standard InChI is InChI=1S/C23H33N3O4S/c1-17(27)25-11-13-26(14-12-25)31(29,30)21-9-7-19(8-10-21)23(28)24-16-20-15-22(20)18-5-3-2-4-6-18/h7-10,18,20,22H,2-6,11-16H2,1H3,(H,24,28)/t20-,22+/m1/s1. The fourth-order valence-electron chi connectivity index (χ4n) is 5.14. The Balaban J connectivity index is 1.28. The molecule has 2 amide bonds. The van der Waals surface area contributed by atoms with Crippen LogP contribution in [0.1, 0.15) is 55.8 Å². The first-order chi connectivity index (χ1) is 14.9. The van der Waals surface area contributed by atoms with Gasteiger partial charge in [-0.1, -0.05) is 32.1 Å². The Morgan fingerprint density at radius 1 is 1.00 bits per heavy atom. The van der Waals surface area contributed by atoms with E-state index < -0.39 is 10.0 Å². The Bertz CT molecular complexity index is 901. The van der Waals surface area contributed by atoms with Gasteiger partial charge in [0.2, 0.25) is 15.9 Å². The van der Waals surface area contributed by atoms with E-state index in [9.17, 15) is 18.0 Å². The van der Waals surface area contributed by atoms with E-state index in [-0.39, 0.29) is 29.8 Å². The Morgan fingerprint density at radius 3 is 2.26 bits per heavy atom. The molecule has 4 rings (SSSR count). The molecule has 7 nitrogen and oxygen atoms in total. The molecule has 0 aromatic heterocycles. The topological polar surface area (TPSA) is 86.8 Å². The summed E-state index contributed by atoms with van der Waals surface area (Å²) in [5.74, 6) is 2.03. The molecule has 2 aliphatic carbocycles. The third-order valence-corrected chi connectivity index (χ3v) is 9.11. The van der Waals surface area contributed by atoms with Gasteiger partial charge in [0.15, 0.2) is 0 Å².